The van der Waals surface area contributed by atoms with Gasteiger partial charge in [-0.05, 0) is 48.1 Å². The van der Waals surface area contributed by atoms with Crippen molar-refractivity contribution in [2.24, 2.45) is 0 Å². The van der Waals surface area contributed by atoms with Gasteiger partial charge in [0, 0.05) is 34.9 Å². The molecule has 1 aromatic heterocycles. The maximum Gasteiger partial charge on any atom is 0.338 e. The number of amides is 3. The number of hydrogen-bond acceptors (Lipinski definition) is 4. The van der Waals surface area contributed by atoms with Crippen molar-refractivity contribution >= 4 is 86.1 Å². The van der Waals surface area contributed by atoms with Gasteiger partial charge in [0.2, 0.25) is 0 Å². The van der Waals surface area contributed by atoms with Gasteiger partial charge in [-0.25, -0.2) is 10.2 Å². The molecule has 3 aromatic carbocycles. The van der Waals surface area contributed by atoms with Crippen molar-refractivity contribution in [3.63, 3.8) is 0 Å². The lowest BCUT2D eigenvalue weighted by Gasteiger charge is -2.16. The van der Waals surface area contributed by atoms with Gasteiger partial charge in [0.1, 0.15) is 0 Å². The number of aromatic nitrogens is 1. The Labute approximate surface area is 226 Å². The highest BCUT2D eigenvalue weighted by Gasteiger charge is 2.34. The summed E-state index contributed by atoms with van der Waals surface area (Å²) >= 11 is 18.4. The molecule has 10 heteroatoms. The standard InChI is InChI=1S/C26H18Cl2N4O2S2/c27-20-11-10-18(13-21(20)28)29-25(34)30-32-24(33)23(36-26(32)35)12-17-15-31(14-16-6-2-1-3-7-16)22-9-5-4-8-19(17)22/h1-13,15H,14H2,(H2,29,30,34)/b23-12-. The fraction of sp³-hybridized carbons (Fsp3) is 0.0385. The van der Waals surface area contributed by atoms with Gasteiger partial charge in [0.05, 0.1) is 15.0 Å². The van der Waals surface area contributed by atoms with Gasteiger partial charge in [-0.15, -0.1) is 0 Å². The Hall–Kier alpha value is -3.30. The molecule has 5 rings (SSSR count). The number of halogens is 2. The highest BCUT2D eigenvalue weighted by atomic mass is 35.5. The quantitative estimate of drug-likeness (QED) is 0.208. The molecule has 0 saturated carbocycles. The SMILES string of the molecule is O=C(Nc1ccc(Cl)c(Cl)c1)NN1C(=O)/C(=C/c2cn(Cc3ccccc3)c3ccccc23)SC1=S. The van der Waals surface area contributed by atoms with Crippen molar-refractivity contribution in [2.45, 2.75) is 6.54 Å². The van der Waals surface area contributed by atoms with Gasteiger partial charge >= 0.3 is 6.03 Å². The first-order valence-electron chi connectivity index (χ1n) is 10.8. The predicted molar refractivity (Wildman–Crippen MR) is 151 cm³/mol. The number of nitrogens with zero attached hydrogens (tertiary/aromatic N) is 2. The minimum absolute atomic E-state index is 0.226. The van der Waals surface area contributed by atoms with Gasteiger partial charge < -0.3 is 9.88 Å². The summed E-state index contributed by atoms with van der Waals surface area (Å²) in [5.41, 5.74) is 6.05. The van der Waals surface area contributed by atoms with Gasteiger partial charge in [-0.1, -0.05) is 83.5 Å². The maximum atomic E-state index is 13.1. The molecule has 1 aliphatic rings. The molecule has 36 heavy (non-hydrogen) atoms. The third-order valence-electron chi connectivity index (χ3n) is 5.49. The average Bonchev–Trinajstić information content (AvgIpc) is 3.34. The van der Waals surface area contributed by atoms with Crippen LogP contribution >= 0.6 is 47.2 Å². The fourth-order valence-corrected chi connectivity index (χ4v) is 5.31. The summed E-state index contributed by atoms with van der Waals surface area (Å²) in [6.45, 7) is 0.701. The smallest absolute Gasteiger partial charge is 0.338 e. The maximum absolute atomic E-state index is 13.1. The largest absolute Gasteiger partial charge is 0.342 e. The molecular weight excluding hydrogens is 535 g/mol. The molecule has 3 amide bonds. The van der Waals surface area contributed by atoms with E-state index in [9.17, 15) is 9.59 Å². The van der Waals surface area contributed by atoms with Crippen LogP contribution in [-0.2, 0) is 11.3 Å². The lowest BCUT2D eigenvalue weighted by atomic mass is 10.1. The number of thioether (sulfide) groups is 1. The van der Waals surface area contributed by atoms with E-state index in [0.717, 1.165) is 33.2 Å². The molecule has 2 N–H and O–H groups in total. The summed E-state index contributed by atoms with van der Waals surface area (Å²) in [4.78, 5) is 26.0. The van der Waals surface area contributed by atoms with E-state index in [1.165, 1.54) is 11.6 Å². The van der Waals surface area contributed by atoms with Crippen LogP contribution in [0.25, 0.3) is 17.0 Å². The molecule has 4 aromatic rings. The zero-order valence-electron chi connectivity index (χ0n) is 18.6. The van der Waals surface area contributed by atoms with E-state index in [2.05, 4.69) is 33.5 Å². The van der Waals surface area contributed by atoms with Crippen molar-refractivity contribution in [1.29, 1.82) is 0 Å². The normalized spacial score (nSPS) is 14.6. The third-order valence-corrected chi connectivity index (χ3v) is 7.53. The van der Waals surface area contributed by atoms with Crippen molar-refractivity contribution < 1.29 is 9.59 Å². The van der Waals surface area contributed by atoms with Crippen LogP contribution in [0.15, 0.2) is 83.9 Å². The van der Waals surface area contributed by atoms with E-state index in [1.54, 1.807) is 12.1 Å². The zero-order chi connectivity index (χ0) is 25.2. The summed E-state index contributed by atoms with van der Waals surface area (Å²) in [5.74, 6) is -0.408. The van der Waals surface area contributed by atoms with Crippen molar-refractivity contribution in [2.75, 3.05) is 5.32 Å². The number of fused-ring (bicyclic) bond motifs is 1. The molecule has 0 bridgehead atoms. The molecule has 0 unspecified atom stereocenters. The highest BCUT2D eigenvalue weighted by molar-refractivity contribution is 8.26. The average molecular weight is 553 g/mol. The molecule has 0 atom stereocenters. The van der Waals surface area contributed by atoms with Gasteiger partial charge in [-0.2, -0.15) is 5.01 Å². The van der Waals surface area contributed by atoms with Gasteiger partial charge in [-0.3, -0.25) is 4.79 Å². The van der Waals surface area contributed by atoms with E-state index in [-0.39, 0.29) is 4.32 Å². The van der Waals surface area contributed by atoms with Crippen LogP contribution in [0, 0.1) is 0 Å². The van der Waals surface area contributed by atoms with Gasteiger partial charge in [0.25, 0.3) is 5.91 Å². The van der Waals surface area contributed by atoms with Crippen LogP contribution in [-0.4, -0.2) is 25.8 Å². The fourth-order valence-electron chi connectivity index (χ4n) is 3.84. The Morgan fingerprint density at radius 1 is 1.00 bits per heavy atom. The Balaban J connectivity index is 1.36. The number of rotatable bonds is 5. The van der Waals surface area contributed by atoms with Crippen LogP contribution < -0.4 is 10.7 Å². The summed E-state index contributed by atoms with van der Waals surface area (Å²) in [5, 5.41) is 5.36. The summed E-state index contributed by atoms with van der Waals surface area (Å²) in [6.07, 6.45) is 3.83. The van der Waals surface area contributed by atoms with E-state index in [0.29, 0.717) is 27.2 Å². The number of thiocarbonyl (C=S) groups is 1. The van der Waals surface area contributed by atoms with E-state index < -0.39 is 11.9 Å². The second-order valence-corrected chi connectivity index (χ2v) is 10.4. The first kappa shape index (κ1) is 24.4. The third kappa shape index (κ3) is 5.12. The Bertz CT molecular complexity index is 1540. The highest BCUT2D eigenvalue weighted by Crippen LogP contribution is 2.34. The van der Waals surface area contributed by atoms with Crippen molar-refractivity contribution in [3.8, 4) is 0 Å². The molecule has 0 spiro atoms. The van der Waals surface area contributed by atoms with Crippen LogP contribution in [0.2, 0.25) is 10.0 Å². The molecule has 6 nitrogen and oxygen atoms in total. The second kappa shape index (κ2) is 10.4. The minimum atomic E-state index is -0.634. The molecule has 2 heterocycles. The molecule has 0 radical (unpaired) electrons. The molecule has 1 aliphatic heterocycles. The summed E-state index contributed by atoms with van der Waals surface area (Å²) in [6, 6.07) is 22.2. The Kier molecular flexibility index (Phi) is 7.02. The summed E-state index contributed by atoms with van der Waals surface area (Å²) in [7, 11) is 0. The van der Waals surface area contributed by atoms with Crippen molar-refractivity contribution in [3.05, 3.63) is 105 Å². The van der Waals surface area contributed by atoms with Crippen LogP contribution in [0.1, 0.15) is 11.1 Å². The molecule has 180 valence electrons. The Morgan fingerprint density at radius 3 is 2.53 bits per heavy atom. The van der Waals surface area contributed by atoms with Crippen LogP contribution in [0.4, 0.5) is 10.5 Å². The van der Waals surface area contributed by atoms with Crippen molar-refractivity contribution in [1.82, 2.24) is 15.0 Å². The zero-order valence-corrected chi connectivity index (χ0v) is 21.7. The number of benzene rings is 3. The number of anilines is 1. The van der Waals surface area contributed by atoms with Gasteiger partial charge in [0.15, 0.2) is 4.32 Å². The lowest BCUT2D eigenvalue weighted by Crippen LogP contribution is -2.46. The molecule has 0 aliphatic carbocycles. The first-order valence-corrected chi connectivity index (χ1v) is 12.8. The van der Waals surface area contributed by atoms with E-state index in [1.807, 2.05) is 48.7 Å². The van der Waals surface area contributed by atoms with E-state index >= 15 is 0 Å². The molecular formula is C26H18Cl2N4O2S2. The Morgan fingerprint density at radius 2 is 1.75 bits per heavy atom. The first-order chi connectivity index (χ1) is 17.4. The topological polar surface area (TPSA) is 66.4 Å². The molecule has 1 saturated heterocycles. The number of hydrazine groups is 1. The number of carbonyl (C=O) groups is 2. The minimum Gasteiger partial charge on any atom is -0.342 e. The van der Waals surface area contributed by atoms with Crippen LogP contribution in [0.5, 0.6) is 0 Å². The number of carbonyl (C=O) groups excluding carboxylic acids is 2. The number of hydrogen-bond donors (Lipinski definition) is 2. The van der Waals surface area contributed by atoms with E-state index in [4.69, 9.17) is 35.4 Å². The summed E-state index contributed by atoms with van der Waals surface area (Å²) < 4.78 is 2.38. The number of urea groups is 1. The van der Waals surface area contributed by atoms with Crippen LogP contribution in [0.3, 0.4) is 0 Å². The molecule has 1 fully saturated rings. The number of nitrogens with one attached hydrogen (secondary N) is 2. The second-order valence-electron chi connectivity index (χ2n) is 7.93. The number of para-hydroxylation sites is 1. The predicted octanol–water partition coefficient (Wildman–Crippen LogP) is 6.93. The monoisotopic (exact) mass is 552 g/mol. The lowest BCUT2D eigenvalue weighted by molar-refractivity contribution is -0.123.